The quantitative estimate of drug-likeness (QED) is 0.468. The Morgan fingerprint density at radius 1 is 1.03 bits per heavy atom. The molecule has 7 nitrogen and oxygen atoms in total. The maximum absolute atomic E-state index is 13.3. The van der Waals surface area contributed by atoms with Crippen molar-refractivity contribution in [3.05, 3.63) is 72.8 Å². The van der Waals surface area contributed by atoms with Gasteiger partial charge in [0.15, 0.2) is 17.8 Å². The third-order valence-corrected chi connectivity index (χ3v) is 5.82. The number of ether oxygens (including phenoxy) is 5. The molecule has 0 unspecified atom stereocenters. The smallest absolute Gasteiger partial charge is 0.235 e. The Hall–Kier alpha value is -3.55. The highest BCUT2D eigenvalue weighted by Crippen LogP contribution is 2.37. The molecule has 1 aliphatic heterocycles. The van der Waals surface area contributed by atoms with E-state index >= 15 is 0 Å². The minimum atomic E-state index is -0.855. The van der Waals surface area contributed by atoms with Gasteiger partial charge in [-0.2, -0.15) is 0 Å². The van der Waals surface area contributed by atoms with Gasteiger partial charge in [-0.05, 0) is 31.2 Å². The minimum Gasteiger partial charge on any atom is -0.493 e. The van der Waals surface area contributed by atoms with Crippen molar-refractivity contribution >= 4 is 22.4 Å². The maximum atomic E-state index is 13.3. The third kappa shape index (κ3) is 4.71. The predicted octanol–water partition coefficient (Wildman–Crippen LogP) is 5.11. The monoisotopic (exact) mass is 463 g/mol. The van der Waals surface area contributed by atoms with Gasteiger partial charge in [-0.15, -0.1) is 0 Å². The first-order valence-corrected chi connectivity index (χ1v) is 11.0. The van der Waals surface area contributed by atoms with Crippen molar-refractivity contribution in [1.82, 2.24) is 0 Å². The molecular weight excluding hydrogens is 434 g/mol. The lowest BCUT2D eigenvalue weighted by Gasteiger charge is -2.36. The van der Waals surface area contributed by atoms with Gasteiger partial charge in [-0.3, -0.25) is 4.79 Å². The Balaban J connectivity index is 1.48. The van der Waals surface area contributed by atoms with Gasteiger partial charge in [0.05, 0.1) is 32.8 Å². The fraction of sp³-hybridized carbons (Fsp3) is 0.296. The van der Waals surface area contributed by atoms with Crippen LogP contribution in [0.3, 0.4) is 0 Å². The predicted molar refractivity (Wildman–Crippen MR) is 131 cm³/mol. The summed E-state index contributed by atoms with van der Waals surface area (Å²) in [6, 6.07) is 17.0. The highest BCUT2D eigenvalue weighted by molar-refractivity contribution is 6.05. The number of hydrogen-bond acceptors (Lipinski definition) is 6. The van der Waals surface area contributed by atoms with Crippen LogP contribution in [0.4, 0.5) is 5.69 Å². The van der Waals surface area contributed by atoms with E-state index in [0.29, 0.717) is 23.8 Å². The van der Waals surface area contributed by atoms with E-state index in [0.717, 1.165) is 22.1 Å². The summed E-state index contributed by atoms with van der Waals surface area (Å²) in [4.78, 5) is 13.3. The van der Waals surface area contributed by atoms with Crippen LogP contribution in [0.2, 0.25) is 0 Å². The summed E-state index contributed by atoms with van der Waals surface area (Å²) >= 11 is 0. The summed E-state index contributed by atoms with van der Waals surface area (Å²) in [6.07, 6.45) is 1.10. The van der Waals surface area contributed by atoms with Crippen molar-refractivity contribution in [2.45, 2.75) is 13.2 Å². The summed E-state index contributed by atoms with van der Waals surface area (Å²) in [6.45, 7) is 6.34. The zero-order valence-corrected chi connectivity index (χ0v) is 19.6. The average molecular weight is 464 g/mol. The van der Waals surface area contributed by atoms with Gasteiger partial charge in [-0.25, -0.2) is 0 Å². The number of carbonyl (C=O) groups excluding carboxylic acids is 1. The van der Waals surface area contributed by atoms with Gasteiger partial charge in [0, 0.05) is 22.0 Å². The molecule has 1 heterocycles. The largest absolute Gasteiger partial charge is 0.493 e. The van der Waals surface area contributed by atoms with Crippen molar-refractivity contribution in [2.24, 2.45) is 5.41 Å². The van der Waals surface area contributed by atoms with Crippen LogP contribution in [0.5, 0.6) is 17.2 Å². The molecule has 178 valence electrons. The summed E-state index contributed by atoms with van der Waals surface area (Å²) in [5.74, 6) is 1.77. The molecule has 34 heavy (non-hydrogen) atoms. The van der Waals surface area contributed by atoms with Gasteiger partial charge >= 0.3 is 0 Å². The van der Waals surface area contributed by atoms with Gasteiger partial charge < -0.3 is 29.0 Å². The Bertz CT molecular complexity index is 1180. The van der Waals surface area contributed by atoms with Gasteiger partial charge in [0.1, 0.15) is 12.4 Å². The molecule has 0 aromatic heterocycles. The lowest BCUT2D eigenvalue weighted by atomic mass is 9.90. The summed E-state index contributed by atoms with van der Waals surface area (Å²) in [7, 11) is 3.16. The topological polar surface area (TPSA) is 75.3 Å². The minimum absolute atomic E-state index is 0.178. The van der Waals surface area contributed by atoms with Crippen LogP contribution in [0.15, 0.2) is 67.3 Å². The summed E-state index contributed by atoms with van der Waals surface area (Å²) in [5.41, 5.74) is 0.641. The third-order valence-electron chi connectivity index (χ3n) is 5.82. The molecule has 1 fully saturated rings. The molecule has 0 radical (unpaired) electrons. The van der Waals surface area contributed by atoms with Crippen LogP contribution in [0, 0.1) is 5.41 Å². The standard InChI is InChI=1S/C27H29NO6/c1-5-14-32-22-13-11-21(19-8-6-7-9-20(19)22)28-26(29)27(2)16-33-25(34-17-27)18-10-12-23(30-3)24(15-18)31-4/h5-13,15,25H,1,14,16-17H2,2-4H3,(H,28,29). The number of carbonyl (C=O) groups is 1. The number of anilines is 1. The Morgan fingerprint density at radius 2 is 1.71 bits per heavy atom. The molecule has 0 bridgehead atoms. The zero-order valence-electron chi connectivity index (χ0n) is 19.6. The molecule has 1 aliphatic rings. The van der Waals surface area contributed by atoms with Crippen molar-refractivity contribution < 1.29 is 28.5 Å². The number of amides is 1. The van der Waals surface area contributed by atoms with Crippen molar-refractivity contribution in [3.8, 4) is 17.2 Å². The molecule has 3 aromatic carbocycles. The lowest BCUT2D eigenvalue weighted by molar-refractivity contribution is -0.226. The first kappa shape index (κ1) is 23.6. The van der Waals surface area contributed by atoms with E-state index in [2.05, 4.69) is 11.9 Å². The first-order chi connectivity index (χ1) is 16.5. The molecule has 0 spiro atoms. The first-order valence-electron chi connectivity index (χ1n) is 11.0. The van der Waals surface area contributed by atoms with Crippen molar-refractivity contribution in [2.75, 3.05) is 39.4 Å². The SMILES string of the molecule is C=CCOc1ccc(NC(=O)C2(C)COC(c3ccc(OC)c(OC)c3)OC2)c2ccccc12. The molecule has 0 atom stereocenters. The molecule has 1 saturated heterocycles. The molecule has 3 aromatic rings. The highest BCUT2D eigenvalue weighted by Gasteiger charge is 2.40. The van der Waals surface area contributed by atoms with E-state index in [-0.39, 0.29) is 19.1 Å². The fourth-order valence-corrected chi connectivity index (χ4v) is 3.86. The molecule has 4 rings (SSSR count). The van der Waals surface area contributed by atoms with Gasteiger partial charge in [0.25, 0.3) is 0 Å². The Morgan fingerprint density at radius 3 is 2.38 bits per heavy atom. The molecule has 0 aliphatic carbocycles. The fourth-order valence-electron chi connectivity index (χ4n) is 3.86. The average Bonchev–Trinajstić information content (AvgIpc) is 2.88. The number of benzene rings is 3. The van der Waals surface area contributed by atoms with Crippen LogP contribution < -0.4 is 19.5 Å². The van der Waals surface area contributed by atoms with E-state index in [1.165, 1.54) is 0 Å². The summed E-state index contributed by atoms with van der Waals surface area (Å²) in [5, 5.41) is 4.86. The van der Waals surface area contributed by atoms with E-state index in [4.69, 9.17) is 23.7 Å². The molecule has 1 N–H and O–H groups in total. The second-order valence-electron chi connectivity index (χ2n) is 8.34. The molecular formula is C27H29NO6. The van der Waals surface area contributed by atoms with E-state index in [1.54, 1.807) is 26.4 Å². The number of hydrogen-bond donors (Lipinski definition) is 1. The van der Waals surface area contributed by atoms with Crippen LogP contribution in [-0.4, -0.2) is 39.9 Å². The lowest BCUT2D eigenvalue weighted by Crippen LogP contribution is -2.45. The molecule has 7 heteroatoms. The normalized spacial score (nSPS) is 19.9. The zero-order chi connectivity index (χ0) is 24.1. The Kier molecular flexibility index (Phi) is 7.05. The number of nitrogens with one attached hydrogen (secondary N) is 1. The second kappa shape index (κ2) is 10.2. The second-order valence-corrected chi connectivity index (χ2v) is 8.34. The van der Waals surface area contributed by atoms with E-state index in [9.17, 15) is 4.79 Å². The van der Waals surface area contributed by atoms with Gasteiger partial charge in [-0.1, -0.05) is 43.0 Å². The van der Waals surface area contributed by atoms with Crippen molar-refractivity contribution in [3.63, 3.8) is 0 Å². The van der Waals surface area contributed by atoms with Crippen molar-refractivity contribution in [1.29, 1.82) is 0 Å². The molecule has 1 amide bonds. The van der Waals surface area contributed by atoms with Crippen LogP contribution in [0.25, 0.3) is 10.8 Å². The summed E-state index contributed by atoms with van der Waals surface area (Å²) < 4.78 is 28.3. The van der Waals surface area contributed by atoms with Crippen LogP contribution in [0.1, 0.15) is 18.8 Å². The van der Waals surface area contributed by atoms with Gasteiger partial charge in [0.2, 0.25) is 5.91 Å². The Labute approximate surface area is 199 Å². The van der Waals surface area contributed by atoms with E-state index < -0.39 is 11.7 Å². The molecule has 0 saturated carbocycles. The number of fused-ring (bicyclic) bond motifs is 1. The number of methoxy groups -OCH3 is 2. The van der Waals surface area contributed by atoms with Crippen LogP contribution in [-0.2, 0) is 14.3 Å². The number of rotatable bonds is 8. The highest BCUT2D eigenvalue weighted by atomic mass is 16.7. The maximum Gasteiger partial charge on any atom is 0.235 e. The van der Waals surface area contributed by atoms with Crippen LogP contribution >= 0.6 is 0 Å². The van der Waals surface area contributed by atoms with E-state index in [1.807, 2.05) is 55.5 Å².